The van der Waals surface area contributed by atoms with Crippen LogP contribution in [-0.4, -0.2) is 18.3 Å². The Morgan fingerprint density at radius 3 is 2.10 bits per heavy atom. The van der Waals surface area contributed by atoms with Gasteiger partial charge >= 0.3 is 7.12 Å². The summed E-state index contributed by atoms with van der Waals surface area (Å²) in [7, 11) is -0.204. The van der Waals surface area contributed by atoms with Crippen LogP contribution in [0, 0.1) is 0 Å². The van der Waals surface area contributed by atoms with E-state index in [2.05, 4.69) is 59.8 Å². The van der Waals surface area contributed by atoms with Gasteiger partial charge in [0, 0.05) is 0 Å². The highest BCUT2D eigenvalue weighted by Gasteiger charge is 2.51. The first-order valence-electron chi connectivity index (χ1n) is 8.55. The van der Waals surface area contributed by atoms with Crippen LogP contribution < -0.4 is 0 Å². The van der Waals surface area contributed by atoms with E-state index < -0.39 is 0 Å². The molecular weight excluding hydrogens is 259 g/mol. The molecule has 0 amide bonds. The zero-order chi connectivity index (χ0) is 15.9. The summed E-state index contributed by atoms with van der Waals surface area (Å²) in [5.41, 5.74) is 0.712. The van der Waals surface area contributed by atoms with Crippen LogP contribution in [0.1, 0.15) is 80.1 Å². The van der Waals surface area contributed by atoms with Crippen LogP contribution in [0.5, 0.6) is 0 Å². The molecule has 3 heteroatoms. The van der Waals surface area contributed by atoms with Gasteiger partial charge in [-0.3, -0.25) is 0 Å². The molecule has 1 aliphatic rings. The summed E-state index contributed by atoms with van der Waals surface area (Å²) in [4.78, 5) is 0. The minimum absolute atomic E-state index is 0.204. The van der Waals surface area contributed by atoms with Gasteiger partial charge in [0.05, 0.1) is 11.2 Å². The van der Waals surface area contributed by atoms with E-state index >= 15 is 0 Å². The average Bonchev–Trinajstić information content (AvgIpc) is 2.61. The van der Waals surface area contributed by atoms with Crippen LogP contribution in [0.15, 0.2) is 23.7 Å². The maximum Gasteiger partial charge on any atom is 0.490 e. The van der Waals surface area contributed by atoms with Gasteiger partial charge in [0.15, 0.2) is 0 Å². The first kappa shape index (κ1) is 18.5. The van der Waals surface area contributed by atoms with E-state index in [-0.39, 0.29) is 18.3 Å². The molecule has 0 bridgehead atoms. The van der Waals surface area contributed by atoms with Crippen molar-refractivity contribution in [2.75, 3.05) is 0 Å². The third-order valence-corrected chi connectivity index (χ3v) is 4.63. The van der Waals surface area contributed by atoms with Gasteiger partial charge in [-0.05, 0) is 52.4 Å². The standard InChI is InChI=1S/C18H33BO2/c1-7-9-10-11-12-13-14-15-16(8-2)19-20-17(3,4)18(5,6)21-19/h13-15H,7-12H2,1-6H3/b14-13+,16-15-. The molecule has 2 nitrogen and oxygen atoms in total. The van der Waals surface area contributed by atoms with Crippen molar-refractivity contribution in [1.29, 1.82) is 0 Å². The molecule has 1 saturated heterocycles. The van der Waals surface area contributed by atoms with E-state index in [1.54, 1.807) is 0 Å². The zero-order valence-corrected chi connectivity index (χ0v) is 14.9. The minimum Gasteiger partial charge on any atom is -0.400 e. The molecule has 1 fully saturated rings. The van der Waals surface area contributed by atoms with Crippen LogP contribution in [0.2, 0.25) is 0 Å². The maximum absolute atomic E-state index is 6.10. The number of rotatable bonds is 8. The Morgan fingerprint density at radius 2 is 1.57 bits per heavy atom. The van der Waals surface area contributed by atoms with Gasteiger partial charge in [0.2, 0.25) is 0 Å². The van der Waals surface area contributed by atoms with Crippen LogP contribution in [0.25, 0.3) is 0 Å². The summed E-state index contributed by atoms with van der Waals surface area (Å²) in [6.45, 7) is 12.8. The first-order chi connectivity index (χ1) is 9.84. The highest BCUT2D eigenvalue weighted by molar-refractivity contribution is 6.54. The van der Waals surface area contributed by atoms with Crippen molar-refractivity contribution in [2.45, 2.75) is 91.3 Å². The quantitative estimate of drug-likeness (QED) is 0.335. The van der Waals surface area contributed by atoms with Crippen molar-refractivity contribution in [3.63, 3.8) is 0 Å². The van der Waals surface area contributed by atoms with E-state index in [0.29, 0.717) is 0 Å². The van der Waals surface area contributed by atoms with Gasteiger partial charge in [0.25, 0.3) is 0 Å². The number of hydrogen-bond donors (Lipinski definition) is 0. The summed E-state index contributed by atoms with van der Waals surface area (Å²) >= 11 is 0. The first-order valence-corrected chi connectivity index (χ1v) is 8.55. The molecule has 1 heterocycles. The fraction of sp³-hybridized carbons (Fsp3) is 0.778. The lowest BCUT2D eigenvalue weighted by Crippen LogP contribution is -2.41. The summed E-state index contributed by atoms with van der Waals surface area (Å²) < 4.78 is 12.2. The third kappa shape index (κ3) is 5.30. The monoisotopic (exact) mass is 292 g/mol. The van der Waals surface area contributed by atoms with Gasteiger partial charge in [-0.1, -0.05) is 51.3 Å². The molecule has 21 heavy (non-hydrogen) atoms. The molecular formula is C18H33BO2. The Morgan fingerprint density at radius 1 is 0.952 bits per heavy atom. The summed E-state index contributed by atoms with van der Waals surface area (Å²) in [6.07, 6.45) is 14.0. The predicted octanol–water partition coefficient (Wildman–Crippen LogP) is 5.48. The summed E-state index contributed by atoms with van der Waals surface area (Å²) in [6, 6.07) is 0. The third-order valence-electron chi connectivity index (χ3n) is 4.63. The van der Waals surface area contributed by atoms with Crippen molar-refractivity contribution in [3.8, 4) is 0 Å². The second kappa shape index (κ2) is 8.19. The Balaban J connectivity index is 2.52. The maximum atomic E-state index is 6.10. The molecule has 0 saturated carbocycles. The molecule has 120 valence electrons. The Kier molecular flexibility index (Phi) is 7.22. The number of unbranched alkanes of at least 4 members (excludes halogenated alkanes) is 4. The normalized spacial score (nSPS) is 21.4. The van der Waals surface area contributed by atoms with E-state index in [1.165, 1.54) is 31.2 Å². The van der Waals surface area contributed by atoms with Crippen molar-refractivity contribution >= 4 is 7.12 Å². The van der Waals surface area contributed by atoms with E-state index in [9.17, 15) is 0 Å². The van der Waals surface area contributed by atoms with Crippen molar-refractivity contribution in [3.05, 3.63) is 23.7 Å². The van der Waals surface area contributed by atoms with Gasteiger partial charge in [-0.2, -0.15) is 0 Å². The zero-order valence-electron chi connectivity index (χ0n) is 14.9. The second-order valence-corrected chi connectivity index (χ2v) is 6.96. The Hall–Kier alpha value is -0.535. The molecule has 0 aromatic heterocycles. The Bertz CT molecular complexity index is 353. The lowest BCUT2D eigenvalue weighted by molar-refractivity contribution is 0.00578. The highest BCUT2D eigenvalue weighted by atomic mass is 16.7. The highest BCUT2D eigenvalue weighted by Crippen LogP contribution is 2.38. The number of hydrogen-bond acceptors (Lipinski definition) is 2. The lowest BCUT2D eigenvalue weighted by Gasteiger charge is -2.32. The summed E-state index contributed by atoms with van der Waals surface area (Å²) in [5.74, 6) is 0. The van der Waals surface area contributed by atoms with Crippen LogP contribution in [0.3, 0.4) is 0 Å². The smallest absolute Gasteiger partial charge is 0.400 e. The van der Waals surface area contributed by atoms with Crippen LogP contribution in [-0.2, 0) is 9.31 Å². The summed E-state index contributed by atoms with van der Waals surface area (Å²) in [5, 5.41) is 0. The van der Waals surface area contributed by atoms with E-state index in [0.717, 1.165) is 12.8 Å². The van der Waals surface area contributed by atoms with Crippen molar-refractivity contribution in [2.24, 2.45) is 0 Å². The van der Waals surface area contributed by atoms with Gasteiger partial charge < -0.3 is 9.31 Å². The fourth-order valence-electron chi connectivity index (χ4n) is 2.33. The molecule has 0 aromatic rings. The number of allylic oxidation sites excluding steroid dienone is 4. The molecule has 0 radical (unpaired) electrons. The molecule has 0 unspecified atom stereocenters. The molecule has 0 aliphatic carbocycles. The topological polar surface area (TPSA) is 18.5 Å². The van der Waals surface area contributed by atoms with E-state index in [1.807, 2.05) is 0 Å². The van der Waals surface area contributed by atoms with Gasteiger partial charge in [-0.15, -0.1) is 0 Å². The second-order valence-electron chi connectivity index (χ2n) is 6.96. The van der Waals surface area contributed by atoms with E-state index in [4.69, 9.17) is 9.31 Å². The molecule has 0 atom stereocenters. The SMILES string of the molecule is CCCCCC/C=C/C=C(/CC)B1OC(C)(C)C(C)(C)O1. The lowest BCUT2D eigenvalue weighted by atomic mass is 9.76. The van der Waals surface area contributed by atoms with Crippen molar-refractivity contribution < 1.29 is 9.31 Å². The molecule has 0 aromatic carbocycles. The molecule has 1 rings (SSSR count). The fourth-order valence-corrected chi connectivity index (χ4v) is 2.33. The molecule has 0 spiro atoms. The molecule has 0 N–H and O–H groups in total. The average molecular weight is 292 g/mol. The predicted molar refractivity (Wildman–Crippen MR) is 92.4 cm³/mol. The van der Waals surface area contributed by atoms with Gasteiger partial charge in [0.1, 0.15) is 0 Å². The largest absolute Gasteiger partial charge is 0.490 e. The van der Waals surface area contributed by atoms with Crippen LogP contribution >= 0.6 is 0 Å². The Labute approximate surface area is 132 Å². The minimum atomic E-state index is -0.254. The van der Waals surface area contributed by atoms with Crippen molar-refractivity contribution in [1.82, 2.24) is 0 Å². The van der Waals surface area contributed by atoms with Crippen LogP contribution in [0.4, 0.5) is 0 Å². The van der Waals surface area contributed by atoms with Gasteiger partial charge in [-0.25, -0.2) is 0 Å². The molecule has 1 aliphatic heterocycles.